The quantitative estimate of drug-likeness (QED) is 0.807. The summed E-state index contributed by atoms with van der Waals surface area (Å²) in [6, 6.07) is 8.03. The lowest BCUT2D eigenvalue weighted by atomic mass is 10.1. The van der Waals surface area contributed by atoms with Gasteiger partial charge in [0.1, 0.15) is 11.3 Å². The van der Waals surface area contributed by atoms with Gasteiger partial charge in [-0.05, 0) is 25.0 Å². The molecule has 2 nitrogen and oxygen atoms in total. The van der Waals surface area contributed by atoms with Gasteiger partial charge in [0.2, 0.25) is 0 Å². The minimum atomic E-state index is 0.219. The molecule has 0 aliphatic rings. The monoisotopic (exact) mass is 190 g/mol. The van der Waals surface area contributed by atoms with Crippen LogP contribution < -0.4 is 0 Å². The van der Waals surface area contributed by atoms with Crippen molar-refractivity contribution in [2.45, 2.75) is 19.8 Å². The third-order valence-corrected chi connectivity index (χ3v) is 2.50. The summed E-state index contributed by atoms with van der Waals surface area (Å²) in [5.74, 6) is 1.00. The van der Waals surface area contributed by atoms with Gasteiger partial charge in [0.25, 0.3) is 0 Å². The van der Waals surface area contributed by atoms with Gasteiger partial charge in [0, 0.05) is 18.4 Å². The van der Waals surface area contributed by atoms with E-state index in [0.717, 1.165) is 24.2 Å². The minimum Gasteiger partial charge on any atom is -0.461 e. The van der Waals surface area contributed by atoms with Gasteiger partial charge in [-0.3, -0.25) is 0 Å². The Labute approximate surface area is 83.2 Å². The Morgan fingerprint density at radius 1 is 1.29 bits per heavy atom. The molecule has 0 saturated heterocycles. The maximum Gasteiger partial charge on any atom is 0.134 e. The molecule has 0 aliphatic heterocycles. The first-order chi connectivity index (χ1) is 6.83. The molecule has 0 fully saturated rings. The van der Waals surface area contributed by atoms with E-state index in [2.05, 4.69) is 13.0 Å². The largest absolute Gasteiger partial charge is 0.461 e. The van der Waals surface area contributed by atoms with Crippen molar-refractivity contribution in [1.82, 2.24) is 0 Å². The van der Waals surface area contributed by atoms with Crippen LogP contribution in [-0.2, 0) is 6.42 Å². The van der Waals surface area contributed by atoms with E-state index in [9.17, 15) is 0 Å². The lowest BCUT2D eigenvalue weighted by molar-refractivity contribution is 0.284. The van der Waals surface area contributed by atoms with Gasteiger partial charge >= 0.3 is 0 Å². The van der Waals surface area contributed by atoms with Gasteiger partial charge in [-0.15, -0.1) is 0 Å². The second-order valence-electron chi connectivity index (χ2n) is 3.47. The van der Waals surface area contributed by atoms with Crippen LogP contribution in [-0.4, -0.2) is 11.7 Å². The fraction of sp³-hybridized carbons (Fsp3) is 0.333. The molecule has 0 radical (unpaired) electrons. The number of aliphatic hydroxyl groups is 1. The Bertz CT molecular complexity index is 429. The summed E-state index contributed by atoms with van der Waals surface area (Å²) < 4.78 is 5.69. The summed E-state index contributed by atoms with van der Waals surface area (Å²) in [4.78, 5) is 0. The minimum absolute atomic E-state index is 0.219. The topological polar surface area (TPSA) is 33.4 Å². The Morgan fingerprint density at radius 2 is 2.07 bits per heavy atom. The molecule has 2 aromatic rings. The number of furan rings is 1. The number of fused-ring (bicyclic) bond motifs is 1. The fourth-order valence-electron chi connectivity index (χ4n) is 1.70. The number of hydrogen-bond acceptors (Lipinski definition) is 2. The Morgan fingerprint density at radius 3 is 2.79 bits per heavy atom. The zero-order chi connectivity index (χ0) is 9.97. The molecule has 1 aromatic carbocycles. The smallest absolute Gasteiger partial charge is 0.134 e. The summed E-state index contributed by atoms with van der Waals surface area (Å²) in [6.45, 7) is 2.29. The molecule has 0 aliphatic carbocycles. The van der Waals surface area contributed by atoms with E-state index < -0.39 is 0 Å². The van der Waals surface area contributed by atoms with Crippen LogP contribution in [0.4, 0.5) is 0 Å². The number of aryl methyl sites for hydroxylation is 2. The molecule has 1 N–H and O–H groups in total. The first-order valence-corrected chi connectivity index (χ1v) is 4.91. The van der Waals surface area contributed by atoms with Crippen molar-refractivity contribution >= 4 is 11.0 Å². The van der Waals surface area contributed by atoms with Crippen LogP contribution in [0.1, 0.15) is 17.7 Å². The van der Waals surface area contributed by atoms with Crippen LogP contribution in [0.15, 0.2) is 28.7 Å². The SMILES string of the molecule is Cc1c(CCCO)oc2ccccc12. The highest BCUT2D eigenvalue weighted by atomic mass is 16.3. The van der Waals surface area contributed by atoms with Crippen molar-refractivity contribution in [3.63, 3.8) is 0 Å². The Hall–Kier alpha value is -1.28. The van der Waals surface area contributed by atoms with E-state index in [4.69, 9.17) is 9.52 Å². The van der Waals surface area contributed by atoms with Gasteiger partial charge in [-0.1, -0.05) is 18.2 Å². The maximum absolute atomic E-state index is 8.75. The molecule has 2 heteroatoms. The van der Waals surface area contributed by atoms with Crippen molar-refractivity contribution in [1.29, 1.82) is 0 Å². The van der Waals surface area contributed by atoms with Gasteiger partial charge in [-0.25, -0.2) is 0 Å². The molecule has 0 spiro atoms. The highest BCUT2D eigenvalue weighted by Crippen LogP contribution is 2.25. The second-order valence-corrected chi connectivity index (χ2v) is 3.47. The number of hydrogen-bond donors (Lipinski definition) is 1. The number of benzene rings is 1. The van der Waals surface area contributed by atoms with Gasteiger partial charge < -0.3 is 9.52 Å². The van der Waals surface area contributed by atoms with Gasteiger partial charge in [0.05, 0.1) is 0 Å². The van der Waals surface area contributed by atoms with Crippen molar-refractivity contribution in [3.8, 4) is 0 Å². The maximum atomic E-state index is 8.75. The molecule has 0 saturated carbocycles. The van der Waals surface area contributed by atoms with E-state index in [1.54, 1.807) is 0 Å². The molecule has 2 rings (SSSR count). The zero-order valence-corrected chi connectivity index (χ0v) is 8.29. The van der Waals surface area contributed by atoms with Crippen LogP contribution in [0.25, 0.3) is 11.0 Å². The number of aliphatic hydroxyl groups excluding tert-OH is 1. The average molecular weight is 190 g/mol. The molecular weight excluding hydrogens is 176 g/mol. The van der Waals surface area contributed by atoms with E-state index in [0.29, 0.717) is 0 Å². The number of para-hydroxylation sites is 1. The van der Waals surface area contributed by atoms with Crippen molar-refractivity contribution in [2.24, 2.45) is 0 Å². The summed E-state index contributed by atoms with van der Waals surface area (Å²) >= 11 is 0. The third-order valence-electron chi connectivity index (χ3n) is 2.50. The van der Waals surface area contributed by atoms with Crippen LogP contribution in [0.2, 0.25) is 0 Å². The first-order valence-electron chi connectivity index (χ1n) is 4.91. The summed E-state index contributed by atoms with van der Waals surface area (Å²) in [5, 5.41) is 9.93. The third kappa shape index (κ3) is 1.53. The molecule has 1 heterocycles. The molecule has 14 heavy (non-hydrogen) atoms. The van der Waals surface area contributed by atoms with Crippen molar-refractivity contribution in [3.05, 3.63) is 35.6 Å². The predicted molar refractivity (Wildman–Crippen MR) is 56.4 cm³/mol. The van der Waals surface area contributed by atoms with E-state index in [1.807, 2.05) is 18.2 Å². The van der Waals surface area contributed by atoms with E-state index in [-0.39, 0.29) is 6.61 Å². The molecule has 1 aromatic heterocycles. The van der Waals surface area contributed by atoms with Crippen molar-refractivity contribution in [2.75, 3.05) is 6.61 Å². The van der Waals surface area contributed by atoms with Gasteiger partial charge in [0.15, 0.2) is 0 Å². The molecule has 0 bridgehead atoms. The Kier molecular flexibility index (Phi) is 2.55. The first kappa shape index (κ1) is 9.28. The second kappa shape index (κ2) is 3.84. The fourth-order valence-corrected chi connectivity index (χ4v) is 1.70. The van der Waals surface area contributed by atoms with Crippen molar-refractivity contribution < 1.29 is 9.52 Å². The molecule has 74 valence electrons. The molecule has 0 unspecified atom stereocenters. The van der Waals surface area contributed by atoms with Crippen LogP contribution >= 0.6 is 0 Å². The van der Waals surface area contributed by atoms with E-state index >= 15 is 0 Å². The zero-order valence-electron chi connectivity index (χ0n) is 8.29. The predicted octanol–water partition coefficient (Wildman–Crippen LogP) is 2.67. The normalized spacial score (nSPS) is 11.0. The molecule has 0 amide bonds. The van der Waals surface area contributed by atoms with Crippen LogP contribution in [0.5, 0.6) is 0 Å². The standard InChI is InChI=1S/C12H14O2/c1-9-10-5-2-3-6-12(10)14-11(9)7-4-8-13/h2-3,5-6,13H,4,7-8H2,1H3. The summed E-state index contributed by atoms with van der Waals surface area (Å²) in [6.07, 6.45) is 1.58. The summed E-state index contributed by atoms with van der Waals surface area (Å²) in [7, 11) is 0. The van der Waals surface area contributed by atoms with E-state index in [1.165, 1.54) is 10.9 Å². The van der Waals surface area contributed by atoms with Crippen LogP contribution in [0.3, 0.4) is 0 Å². The highest BCUT2D eigenvalue weighted by molar-refractivity contribution is 5.81. The molecular formula is C12H14O2. The lowest BCUT2D eigenvalue weighted by Crippen LogP contribution is -1.88. The molecule has 0 atom stereocenters. The highest BCUT2D eigenvalue weighted by Gasteiger charge is 2.08. The van der Waals surface area contributed by atoms with Crippen LogP contribution in [0, 0.1) is 6.92 Å². The number of rotatable bonds is 3. The van der Waals surface area contributed by atoms with Gasteiger partial charge in [-0.2, -0.15) is 0 Å². The average Bonchev–Trinajstić information content (AvgIpc) is 2.54. The lowest BCUT2D eigenvalue weighted by Gasteiger charge is -1.94. The Balaban J connectivity index is 2.41. The summed E-state index contributed by atoms with van der Waals surface area (Å²) in [5.41, 5.74) is 2.15.